The standard InChI is InChI=1S/C13H14N2O3/c1-2-15(8-12(16)17)13(18)10-4-3-9-5-6-14-11(9)7-10/h3-7,14H,2,8H2,1H3,(H,16,17). The van der Waals surface area contributed by atoms with E-state index in [2.05, 4.69) is 4.98 Å². The zero-order valence-corrected chi connectivity index (χ0v) is 10.0. The fraction of sp³-hybridized carbons (Fsp3) is 0.231. The number of aromatic nitrogens is 1. The van der Waals surface area contributed by atoms with Crippen LogP contribution >= 0.6 is 0 Å². The van der Waals surface area contributed by atoms with Gasteiger partial charge in [0.1, 0.15) is 6.54 Å². The van der Waals surface area contributed by atoms with Gasteiger partial charge in [0.2, 0.25) is 0 Å². The van der Waals surface area contributed by atoms with Crippen molar-refractivity contribution < 1.29 is 14.7 Å². The summed E-state index contributed by atoms with van der Waals surface area (Å²) in [6.45, 7) is 1.85. The summed E-state index contributed by atoms with van der Waals surface area (Å²) in [6, 6.07) is 7.21. The van der Waals surface area contributed by atoms with Gasteiger partial charge >= 0.3 is 5.97 Å². The van der Waals surface area contributed by atoms with Crippen LogP contribution in [-0.4, -0.2) is 40.0 Å². The first kappa shape index (κ1) is 12.2. The van der Waals surface area contributed by atoms with Crippen LogP contribution in [0.3, 0.4) is 0 Å². The van der Waals surface area contributed by atoms with E-state index in [1.54, 1.807) is 25.3 Å². The molecule has 2 aromatic rings. The molecule has 0 aliphatic carbocycles. The largest absolute Gasteiger partial charge is 0.480 e. The second-order valence-electron chi connectivity index (χ2n) is 3.99. The molecule has 1 amide bonds. The summed E-state index contributed by atoms with van der Waals surface area (Å²) >= 11 is 0. The number of rotatable bonds is 4. The first-order valence-corrected chi connectivity index (χ1v) is 5.70. The number of nitrogens with zero attached hydrogens (tertiary/aromatic N) is 1. The number of aromatic amines is 1. The number of nitrogens with one attached hydrogen (secondary N) is 1. The molecule has 1 heterocycles. The Kier molecular flexibility index (Phi) is 3.32. The van der Waals surface area contributed by atoms with Gasteiger partial charge in [0.25, 0.3) is 5.91 Å². The van der Waals surface area contributed by atoms with E-state index in [0.29, 0.717) is 12.1 Å². The molecule has 94 valence electrons. The SMILES string of the molecule is CCN(CC(=O)O)C(=O)c1ccc2cc[nH]c2c1. The summed E-state index contributed by atoms with van der Waals surface area (Å²) in [5.74, 6) is -1.28. The van der Waals surface area contributed by atoms with Gasteiger partial charge in [-0.2, -0.15) is 0 Å². The summed E-state index contributed by atoms with van der Waals surface area (Å²) in [5, 5.41) is 9.77. The minimum Gasteiger partial charge on any atom is -0.480 e. The number of hydrogen-bond donors (Lipinski definition) is 2. The van der Waals surface area contributed by atoms with Crippen molar-refractivity contribution in [1.82, 2.24) is 9.88 Å². The lowest BCUT2D eigenvalue weighted by Gasteiger charge is -2.18. The van der Waals surface area contributed by atoms with Crippen LogP contribution in [0.25, 0.3) is 10.9 Å². The monoisotopic (exact) mass is 246 g/mol. The van der Waals surface area contributed by atoms with Gasteiger partial charge in [-0.1, -0.05) is 6.07 Å². The van der Waals surface area contributed by atoms with Crippen molar-refractivity contribution >= 4 is 22.8 Å². The van der Waals surface area contributed by atoms with Gasteiger partial charge in [-0.25, -0.2) is 0 Å². The lowest BCUT2D eigenvalue weighted by molar-refractivity contribution is -0.137. The third-order valence-electron chi connectivity index (χ3n) is 2.80. The molecule has 2 N–H and O–H groups in total. The minimum atomic E-state index is -1.01. The quantitative estimate of drug-likeness (QED) is 0.862. The summed E-state index contributed by atoms with van der Waals surface area (Å²) in [6.07, 6.45) is 1.80. The topological polar surface area (TPSA) is 73.4 Å². The van der Waals surface area contributed by atoms with Crippen molar-refractivity contribution in [3.8, 4) is 0 Å². The van der Waals surface area contributed by atoms with Crippen LogP contribution in [0, 0.1) is 0 Å². The summed E-state index contributed by atoms with van der Waals surface area (Å²) < 4.78 is 0. The molecule has 0 saturated heterocycles. The lowest BCUT2D eigenvalue weighted by Crippen LogP contribution is -2.35. The Morgan fingerprint density at radius 2 is 2.11 bits per heavy atom. The van der Waals surface area contributed by atoms with Crippen LogP contribution in [-0.2, 0) is 4.79 Å². The molecule has 0 fully saturated rings. The van der Waals surface area contributed by atoms with Crippen molar-refractivity contribution in [2.24, 2.45) is 0 Å². The van der Waals surface area contributed by atoms with E-state index < -0.39 is 5.97 Å². The van der Waals surface area contributed by atoms with E-state index >= 15 is 0 Å². The van der Waals surface area contributed by atoms with E-state index in [0.717, 1.165) is 10.9 Å². The normalized spacial score (nSPS) is 10.5. The molecular formula is C13H14N2O3. The van der Waals surface area contributed by atoms with Crippen LogP contribution < -0.4 is 0 Å². The highest BCUT2D eigenvalue weighted by Crippen LogP contribution is 2.15. The first-order chi connectivity index (χ1) is 8.61. The molecule has 0 aliphatic heterocycles. The van der Waals surface area contributed by atoms with Gasteiger partial charge in [0.15, 0.2) is 0 Å². The maximum atomic E-state index is 12.1. The number of aliphatic carboxylic acids is 1. The second-order valence-corrected chi connectivity index (χ2v) is 3.99. The maximum Gasteiger partial charge on any atom is 0.323 e. The number of carboxylic acid groups (broad SMARTS) is 1. The van der Waals surface area contributed by atoms with Crippen LogP contribution in [0.1, 0.15) is 17.3 Å². The number of benzene rings is 1. The van der Waals surface area contributed by atoms with Crippen LogP contribution in [0.15, 0.2) is 30.5 Å². The predicted octanol–water partition coefficient (Wildman–Crippen LogP) is 1.71. The van der Waals surface area contributed by atoms with Crippen LogP contribution in [0.5, 0.6) is 0 Å². The Morgan fingerprint density at radius 3 is 2.78 bits per heavy atom. The van der Waals surface area contributed by atoms with Gasteiger partial charge in [-0.05, 0) is 30.5 Å². The second kappa shape index (κ2) is 4.91. The number of fused-ring (bicyclic) bond motifs is 1. The minimum absolute atomic E-state index is 0.267. The van der Waals surface area contributed by atoms with E-state index in [1.165, 1.54) is 4.90 Å². The summed E-state index contributed by atoms with van der Waals surface area (Å²) in [5.41, 5.74) is 1.36. The van der Waals surface area contributed by atoms with Crippen molar-refractivity contribution in [2.75, 3.05) is 13.1 Å². The molecule has 0 atom stereocenters. The highest BCUT2D eigenvalue weighted by atomic mass is 16.4. The third-order valence-corrected chi connectivity index (χ3v) is 2.80. The molecule has 2 rings (SSSR count). The molecule has 1 aromatic carbocycles. The van der Waals surface area contributed by atoms with Gasteiger partial charge in [0.05, 0.1) is 0 Å². The van der Waals surface area contributed by atoms with Gasteiger partial charge in [-0.3, -0.25) is 9.59 Å². The Morgan fingerprint density at radius 1 is 1.33 bits per heavy atom. The Labute approximate surface area is 104 Å². The molecule has 0 saturated carbocycles. The molecule has 0 radical (unpaired) electrons. The Balaban J connectivity index is 2.28. The van der Waals surface area contributed by atoms with E-state index in [9.17, 15) is 9.59 Å². The molecule has 0 aliphatic rings. The van der Waals surface area contributed by atoms with Crippen LogP contribution in [0.2, 0.25) is 0 Å². The smallest absolute Gasteiger partial charge is 0.323 e. The highest BCUT2D eigenvalue weighted by molar-refractivity contribution is 5.99. The molecule has 0 unspecified atom stereocenters. The van der Waals surface area contributed by atoms with Crippen LogP contribution in [0.4, 0.5) is 0 Å². The number of carbonyl (C=O) groups excluding carboxylic acids is 1. The van der Waals surface area contributed by atoms with Crippen molar-refractivity contribution in [3.05, 3.63) is 36.0 Å². The first-order valence-electron chi connectivity index (χ1n) is 5.70. The fourth-order valence-electron chi connectivity index (χ4n) is 1.85. The lowest BCUT2D eigenvalue weighted by atomic mass is 10.1. The van der Waals surface area contributed by atoms with Gasteiger partial charge < -0.3 is 15.0 Å². The third kappa shape index (κ3) is 2.34. The van der Waals surface area contributed by atoms with Gasteiger partial charge in [-0.15, -0.1) is 0 Å². The molecule has 1 aromatic heterocycles. The number of likely N-dealkylation sites (N-methyl/N-ethyl adjacent to an activating group) is 1. The molecule has 5 heteroatoms. The summed E-state index contributed by atoms with van der Waals surface area (Å²) in [4.78, 5) is 27.1. The Hall–Kier alpha value is -2.30. The van der Waals surface area contributed by atoms with Crippen molar-refractivity contribution in [2.45, 2.75) is 6.92 Å². The van der Waals surface area contributed by atoms with Crippen molar-refractivity contribution in [3.63, 3.8) is 0 Å². The summed E-state index contributed by atoms with van der Waals surface area (Å²) in [7, 11) is 0. The zero-order valence-electron chi connectivity index (χ0n) is 10.0. The molecule has 5 nitrogen and oxygen atoms in total. The number of carboxylic acids is 1. The number of carbonyl (C=O) groups is 2. The van der Waals surface area contributed by atoms with E-state index in [-0.39, 0.29) is 12.5 Å². The van der Waals surface area contributed by atoms with Gasteiger partial charge in [0, 0.05) is 23.8 Å². The Bertz CT molecular complexity index is 589. The number of H-pyrrole nitrogens is 1. The number of hydrogen-bond acceptors (Lipinski definition) is 2. The van der Waals surface area contributed by atoms with E-state index in [4.69, 9.17) is 5.11 Å². The fourth-order valence-corrected chi connectivity index (χ4v) is 1.85. The number of amides is 1. The average Bonchev–Trinajstić information content (AvgIpc) is 2.81. The van der Waals surface area contributed by atoms with E-state index in [1.807, 2.05) is 12.1 Å². The molecular weight excluding hydrogens is 232 g/mol. The highest BCUT2D eigenvalue weighted by Gasteiger charge is 2.17. The maximum absolute atomic E-state index is 12.1. The molecule has 0 spiro atoms. The molecule has 18 heavy (non-hydrogen) atoms. The van der Waals surface area contributed by atoms with Crippen molar-refractivity contribution in [1.29, 1.82) is 0 Å². The average molecular weight is 246 g/mol. The molecule has 0 bridgehead atoms. The predicted molar refractivity (Wildman–Crippen MR) is 67.5 cm³/mol. The zero-order chi connectivity index (χ0) is 13.1.